The SMILES string of the molecule is C[C@H](CCCCCc1cccc(OCCCC(=O)O)c1)CN(C)C. The molecule has 4 nitrogen and oxygen atoms in total. The van der Waals surface area contributed by atoms with Crippen molar-refractivity contribution in [3.05, 3.63) is 29.8 Å². The zero-order chi connectivity index (χ0) is 17.8. The molecule has 0 aliphatic rings. The lowest BCUT2D eigenvalue weighted by atomic mass is 10.0. The Morgan fingerprint density at radius 2 is 2.00 bits per heavy atom. The topological polar surface area (TPSA) is 49.8 Å². The van der Waals surface area contributed by atoms with Gasteiger partial charge < -0.3 is 14.7 Å². The molecule has 24 heavy (non-hydrogen) atoms. The normalized spacial score (nSPS) is 12.3. The second-order valence-electron chi connectivity index (χ2n) is 6.96. The van der Waals surface area contributed by atoms with E-state index in [1.807, 2.05) is 12.1 Å². The Labute approximate surface area is 146 Å². The zero-order valence-corrected chi connectivity index (χ0v) is 15.5. The fourth-order valence-corrected chi connectivity index (χ4v) is 2.92. The van der Waals surface area contributed by atoms with Crippen LogP contribution in [0.1, 0.15) is 51.0 Å². The Bertz CT molecular complexity index is 474. The van der Waals surface area contributed by atoms with Crippen LogP contribution in [0.3, 0.4) is 0 Å². The largest absolute Gasteiger partial charge is 0.494 e. The standard InChI is InChI=1S/C20H33NO3/c1-17(16-21(2)3)9-5-4-6-10-18-11-7-12-19(15-18)24-14-8-13-20(22)23/h7,11-12,15,17H,4-6,8-10,13-14,16H2,1-3H3,(H,22,23)/t17-/m1/s1. The molecule has 0 fully saturated rings. The van der Waals surface area contributed by atoms with Crippen molar-refractivity contribution in [3.63, 3.8) is 0 Å². The Morgan fingerprint density at radius 1 is 1.21 bits per heavy atom. The van der Waals surface area contributed by atoms with Crippen LogP contribution in [0.5, 0.6) is 5.75 Å². The smallest absolute Gasteiger partial charge is 0.303 e. The van der Waals surface area contributed by atoms with Gasteiger partial charge in [-0.25, -0.2) is 0 Å². The molecule has 0 saturated carbocycles. The van der Waals surface area contributed by atoms with Crippen LogP contribution < -0.4 is 4.74 Å². The fourth-order valence-electron chi connectivity index (χ4n) is 2.92. The quantitative estimate of drug-likeness (QED) is 0.548. The Kier molecular flexibility index (Phi) is 10.2. The molecular weight excluding hydrogens is 302 g/mol. The highest BCUT2D eigenvalue weighted by Gasteiger charge is 2.04. The Hall–Kier alpha value is -1.55. The molecule has 4 heteroatoms. The molecule has 0 aliphatic carbocycles. The number of carboxylic acid groups (broad SMARTS) is 1. The molecule has 0 spiro atoms. The molecule has 1 aromatic carbocycles. The van der Waals surface area contributed by atoms with Crippen LogP contribution in [0.25, 0.3) is 0 Å². The fraction of sp³-hybridized carbons (Fsp3) is 0.650. The van der Waals surface area contributed by atoms with Crippen molar-refractivity contribution in [1.29, 1.82) is 0 Å². The Balaban J connectivity index is 2.19. The van der Waals surface area contributed by atoms with Gasteiger partial charge in [-0.05, 0) is 63.4 Å². The van der Waals surface area contributed by atoms with E-state index in [1.165, 1.54) is 37.8 Å². The summed E-state index contributed by atoms with van der Waals surface area (Å²) in [7, 11) is 4.26. The molecule has 0 aromatic heterocycles. The van der Waals surface area contributed by atoms with E-state index >= 15 is 0 Å². The van der Waals surface area contributed by atoms with Gasteiger partial charge in [-0.1, -0.05) is 31.9 Å². The molecule has 136 valence electrons. The van der Waals surface area contributed by atoms with Gasteiger partial charge in [-0.15, -0.1) is 0 Å². The van der Waals surface area contributed by atoms with Crippen LogP contribution in [0, 0.1) is 5.92 Å². The highest BCUT2D eigenvalue weighted by Crippen LogP contribution is 2.17. The summed E-state index contributed by atoms with van der Waals surface area (Å²) in [5.41, 5.74) is 1.30. The lowest BCUT2D eigenvalue weighted by Gasteiger charge is -2.16. The number of carboxylic acids is 1. The van der Waals surface area contributed by atoms with E-state index in [2.05, 4.69) is 38.1 Å². The van der Waals surface area contributed by atoms with Crippen LogP contribution in [0.4, 0.5) is 0 Å². The third kappa shape index (κ3) is 10.3. The van der Waals surface area contributed by atoms with Crippen molar-refractivity contribution in [2.24, 2.45) is 5.92 Å². The molecule has 0 heterocycles. The van der Waals surface area contributed by atoms with Crippen LogP contribution in [-0.4, -0.2) is 43.2 Å². The summed E-state index contributed by atoms with van der Waals surface area (Å²) in [6.45, 7) is 3.95. The first-order valence-corrected chi connectivity index (χ1v) is 9.05. The van der Waals surface area contributed by atoms with E-state index in [-0.39, 0.29) is 6.42 Å². The molecule has 0 unspecified atom stereocenters. The highest BCUT2D eigenvalue weighted by atomic mass is 16.5. The van der Waals surface area contributed by atoms with Crippen molar-refractivity contribution >= 4 is 5.97 Å². The number of ether oxygens (including phenoxy) is 1. The first kappa shape index (κ1) is 20.5. The van der Waals surface area contributed by atoms with Gasteiger partial charge in [-0.3, -0.25) is 4.79 Å². The molecule has 1 atom stereocenters. The van der Waals surface area contributed by atoms with Gasteiger partial charge in [0.2, 0.25) is 0 Å². The third-order valence-corrected chi connectivity index (χ3v) is 4.04. The number of rotatable bonds is 13. The van der Waals surface area contributed by atoms with Crippen molar-refractivity contribution in [2.75, 3.05) is 27.2 Å². The predicted molar refractivity (Wildman–Crippen MR) is 98.7 cm³/mol. The minimum Gasteiger partial charge on any atom is -0.494 e. The summed E-state index contributed by atoms with van der Waals surface area (Å²) in [5.74, 6) is 0.840. The van der Waals surface area contributed by atoms with E-state index in [9.17, 15) is 4.79 Å². The number of hydrogen-bond acceptors (Lipinski definition) is 3. The van der Waals surface area contributed by atoms with E-state index in [1.54, 1.807) is 0 Å². The summed E-state index contributed by atoms with van der Waals surface area (Å²) in [6.07, 6.45) is 6.84. The van der Waals surface area contributed by atoms with Crippen molar-refractivity contribution in [3.8, 4) is 5.75 Å². The lowest BCUT2D eigenvalue weighted by molar-refractivity contribution is -0.137. The number of aryl methyl sites for hydroxylation is 1. The molecule has 0 bridgehead atoms. The van der Waals surface area contributed by atoms with Crippen molar-refractivity contribution in [1.82, 2.24) is 4.90 Å². The van der Waals surface area contributed by atoms with Gasteiger partial charge >= 0.3 is 5.97 Å². The Morgan fingerprint density at radius 3 is 2.71 bits per heavy atom. The minimum atomic E-state index is -0.771. The number of benzene rings is 1. The second-order valence-corrected chi connectivity index (χ2v) is 6.96. The number of aliphatic carboxylic acids is 1. The summed E-state index contributed by atoms with van der Waals surface area (Å²) in [5, 5.41) is 8.61. The molecule has 1 aromatic rings. The summed E-state index contributed by atoms with van der Waals surface area (Å²) >= 11 is 0. The van der Waals surface area contributed by atoms with Gasteiger partial charge in [0.1, 0.15) is 5.75 Å². The average molecular weight is 335 g/mol. The zero-order valence-electron chi connectivity index (χ0n) is 15.5. The first-order chi connectivity index (χ1) is 11.5. The highest BCUT2D eigenvalue weighted by molar-refractivity contribution is 5.66. The second kappa shape index (κ2) is 11.9. The summed E-state index contributed by atoms with van der Waals surface area (Å²) in [4.78, 5) is 12.7. The molecule has 1 rings (SSSR count). The van der Waals surface area contributed by atoms with Crippen LogP contribution in [-0.2, 0) is 11.2 Å². The van der Waals surface area contributed by atoms with E-state index < -0.39 is 5.97 Å². The molecule has 1 N–H and O–H groups in total. The third-order valence-electron chi connectivity index (χ3n) is 4.04. The monoisotopic (exact) mass is 335 g/mol. The first-order valence-electron chi connectivity index (χ1n) is 9.05. The van der Waals surface area contributed by atoms with Crippen LogP contribution >= 0.6 is 0 Å². The number of carbonyl (C=O) groups is 1. The van der Waals surface area contributed by atoms with E-state index in [0.29, 0.717) is 13.0 Å². The van der Waals surface area contributed by atoms with E-state index in [4.69, 9.17) is 9.84 Å². The minimum absolute atomic E-state index is 0.159. The molecule has 0 amide bonds. The molecule has 0 radical (unpaired) electrons. The van der Waals surface area contributed by atoms with Gasteiger partial charge in [-0.2, -0.15) is 0 Å². The van der Waals surface area contributed by atoms with E-state index in [0.717, 1.165) is 18.1 Å². The van der Waals surface area contributed by atoms with Crippen molar-refractivity contribution in [2.45, 2.75) is 51.9 Å². The van der Waals surface area contributed by atoms with Crippen LogP contribution in [0.15, 0.2) is 24.3 Å². The number of hydrogen-bond donors (Lipinski definition) is 1. The molecule has 0 saturated heterocycles. The van der Waals surface area contributed by atoms with Crippen molar-refractivity contribution < 1.29 is 14.6 Å². The lowest BCUT2D eigenvalue weighted by Crippen LogP contribution is -2.19. The maximum absolute atomic E-state index is 10.5. The number of unbranched alkanes of at least 4 members (excludes halogenated alkanes) is 2. The summed E-state index contributed by atoms with van der Waals surface area (Å²) in [6, 6.07) is 8.17. The predicted octanol–water partition coefficient (Wildman–Crippen LogP) is 4.23. The maximum atomic E-state index is 10.5. The van der Waals surface area contributed by atoms with Gasteiger partial charge in [0.05, 0.1) is 6.61 Å². The number of nitrogens with zero attached hydrogens (tertiary/aromatic N) is 1. The van der Waals surface area contributed by atoms with Gasteiger partial charge in [0, 0.05) is 13.0 Å². The average Bonchev–Trinajstić information content (AvgIpc) is 2.51. The summed E-state index contributed by atoms with van der Waals surface area (Å²) < 4.78 is 5.62. The molecular formula is C20H33NO3. The van der Waals surface area contributed by atoms with Gasteiger partial charge in [0.25, 0.3) is 0 Å². The maximum Gasteiger partial charge on any atom is 0.303 e. The van der Waals surface area contributed by atoms with Gasteiger partial charge in [0.15, 0.2) is 0 Å². The van der Waals surface area contributed by atoms with Crippen LogP contribution in [0.2, 0.25) is 0 Å². The molecule has 0 aliphatic heterocycles.